The number of H-pyrrole nitrogens is 1. The van der Waals surface area contributed by atoms with Gasteiger partial charge in [-0.2, -0.15) is 0 Å². The monoisotopic (exact) mass is 478 g/mol. The summed E-state index contributed by atoms with van der Waals surface area (Å²) in [5.74, 6) is -0.0436. The van der Waals surface area contributed by atoms with E-state index in [0.29, 0.717) is 33.7 Å². The number of thiazole rings is 1. The lowest BCUT2D eigenvalue weighted by Gasteiger charge is -2.40. The zero-order valence-electron chi connectivity index (χ0n) is 17.3. The van der Waals surface area contributed by atoms with Gasteiger partial charge in [-0.15, -0.1) is 11.3 Å². The molecule has 1 aliphatic rings. The summed E-state index contributed by atoms with van der Waals surface area (Å²) in [6, 6.07) is 11.0. The third kappa shape index (κ3) is 4.24. The van der Waals surface area contributed by atoms with Gasteiger partial charge >= 0.3 is 0 Å². The summed E-state index contributed by atoms with van der Waals surface area (Å²) in [4.78, 5) is 41.0. The summed E-state index contributed by atoms with van der Waals surface area (Å²) < 4.78 is 0. The predicted molar refractivity (Wildman–Crippen MR) is 127 cm³/mol. The highest BCUT2D eigenvalue weighted by Gasteiger charge is 2.46. The average Bonchev–Trinajstić information content (AvgIpc) is 3.46. The summed E-state index contributed by atoms with van der Waals surface area (Å²) >= 11 is 7.51. The third-order valence-corrected chi connectivity index (χ3v) is 6.61. The van der Waals surface area contributed by atoms with Gasteiger partial charge in [0.25, 0.3) is 5.91 Å². The molecule has 3 aromatic heterocycles. The van der Waals surface area contributed by atoms with Crippen LogP contribution in [0.3, 0.4) is 0 Å². The molecule has 1 fully saturated rings. The second kappa shape index (κ2) is 8.76. The van der Waals surface area contributed by atoms with Crippen LogP contribution in [0, 0.1) is 0 Å². The first-order valence-corrected chi connectivity index (χ1v) is 11.6. The molecule has 33 heavy (non-hydrogen) atoms. The average molecular weight is 479 g/mol. The van der Waals surface area contributed by atoms with Gasteiger partial charge in [-0.25, -0.2) is 9.97 Å². The van der Waals surface area contributed by atoms with Crippen molar-refractivity contribution in [1.82, 2.24) is 19.9 Å². The molecular weight excluding hydrogens is 460 g/mol. The van der Waals surface area contributed by atoms with Crippen molar-refractivity contribution in [2.45, 2.75) is 24.7 Å². The van der Waals surface area contributed by atoms with Crippen molar-refractivity contribution >= 4 is 46.4 Å². The predicted octanol–water partition coefficient (Wildman–Crippen LogP) is 4.89. The number of hydrogen-bond acceptors (Lipinski definition) is 6. The van der Waals surface area contributed by atoms with Crippen molar-refractivity contribution in [3.8, 4) is 11.4 Å². The fourth-order valence-electron chi connectivity index (χ4n) is 3.85. The van der Waals surface area contributed by atoms with E-state index in [1.54, 1.807) is 41.5 Å². The number of nitrogens with zero attached hydrogens (tertiary/aromatic N) is 3. The van der Waals surface area contributed by atoms with E-state index in [-0.39, 0.29) is 11.8 Å². The Morgan fingerprint density at radius 3 is 2.61 bits per heavy atom. The molecule has 8 nitrogen and oxygen atoms in total. The van der Waals surface area contributed by atoms with Crippen LogP contribution in [-0.2, 0) is 10.2 Å². The molecule has 166 valence electrons. The van der Waals surface area contributed by atoms with Crippen LogP contribution in [0.15, 0.2) is 59.7 Å². The lowest BCUT2D eigenvalue weighted by atomic mass is 9.64. The van der Waals surface area contributed by atoms with E-state index < -0.39 is 5.41 Å². The Balaban J connectivity index is 1.27. The van der Waals surface area contributed by atoms with Crippen LogP contribution in [0.2, 0.25) is 5.02 Å². The molecule has 1 aliphatic carbocycles. The topological polar surface area (TPSA) is 113 Å². The first-order valence-electron chi connectivity index (χ1n) is 10.3. The number of carbonyl (C=O) groups excluding carboxylic acids is 2. The van der Waals surface area contributed by atoms with E-state index in [1.807, 2.05) is 18.2 Å². The highest BCUT2D eigenvalue weighted by atomic mass is 35.5. The fraction of sp³-hybridized carbons (Fsp3) is 0.174. The summed E-state index contributed by atoms with van der Waals surface area (Å²) in [5, 5.41) is 7.95. The molecule has 0 bridgehead atoms. The van der Waals surface area contributed by atoms with Crippen molar-refractivity contribution in [1.29, 1.82) is 0 Å². The highest BCUT2D eigenvalue weighted by molar-refractivity contribution is 7.07. The number of amides is 2. The van der Waals surface area contributed by atoms with E-state index in [1.165, 1.54) is 11.3 Å². The molecule has 5 rings (SSSR count). The van der Waals surface area contributed by atoms with E-state index in [4.69, 9.17) is 11.6 Å². The Morgan fingerprint density at radius 1 is 1.06 bits per heavy atom. The van der Waals surface area contributed by atoms with Gasteiger partial charge in [-0.3, -0.25) is 19.9 Å². The van der Waals surface area contributed by atoms with Crippen molar-refractivity contribution < 1.29 is 9.59 Å². The maximum atomic E-state index is 13.1. The Morgan fingerprint density at radius 2 is 1.94 bits per heavy atom. The summed E-state index contributed by atoms with van der Waals surface area (Å²) in [7, 11) is 0. The van der Waals surface area contributed by atoms with Crippen LogP contribution in [0.5, 0.6) is 0 Å². The molecule has 0 aliphatic heterocycles. The molecule has 0 unspecified atom stereocenters. The maximum absolute atomic E-state index is 13.1. The summed E-state index contributed by atoms with van der Waals surface area (Å²) in [5.41, 5.74) is 4.12. The normalized spacial score (nSPS) is 14.3. The zero-order valence-corrected chi connectivity index (χ0v) is 18.9. The molecule has 3 N–H and O–H groups in total. The minimum Gasteiger partial charge on any atom is -0.323 e. The molecule has 4 aromatic rings. The van der Waals surface area contributed by atoms with Crippen LogP contribution >= 0.6 is 22.9 Å². The number of imidazole rings is 1. The number of benzene rings is 1. The lowest BCUT2D eigenvalue weighted by Crippen LogP contribution is -2.46. The quantitative estimate of drug-likeness (QED) is 0.365. The number of carbonyl (C=O) groups is 2. The minimum absolute atomic E-state index is 0.107. The van der Waals surface area contributed by atoms with Gasteiger partial charge in [0, 0.05) is 10.4 Å². The third-order valence-electron chi connectivity index (χ3n) is 5.79. The number of aromatic amines is 1. The Kier molecular flexibility index (Phi) is 5.65. The Hall–Kier alpha value is -3.56. The first kappa shape index (κ1) is 21.3. The number of anilines is 2. The van der Waals surface area contributed by atoms with Gasteiger partial charge < -0.3 is 10.3 Å². The number of hydrogen-bond donors (Lipinski definition) is 3. The van der Waals surface area contributed by atoms with Gasteiger partial charge in [0.05, 0.1) is 40.4 Å². The second-order valence-corrected chi connectivity index (χ2v) is 8.96. The molecule has 10 heteroatoms. The smallest absolute Gasteiger partial charge is 0.275 e. The van der Waals surface area contributed by atoms with Crippen LogP contribution in [0.25, 0.3) is 11.4 Å². The van der Waals surface area contributed by atoms with Gasteiger partial charge in [0.2, 0.25) is 11.9 Å². The van der Waals surface area contributed by atoms with Gasteiger partial charge in [0.1, 0.15) is 5.69 Å². The molecule has 0 atom stereocenters. The fourth-order valence-corrected chi connectivity index (χ4v) is 4.57. The Labute approximate surface area is 198 Å². The number of nitrogens with one attached hydrogen (secondary N) is 3. The molecule has 1 saturated carbocycles. The van der Waals surface area contributed by atoms with Crippen molar-refractivity contribution in [2.24, 2.45) is 0 Å². The largest absolute Gasteiger partial charge is 0.323 e. The molecule has 3 heterocycles. The van der Waals surface area contributed by atoms with E-state index >= 15 is 0 Å². The minimum atomic E-state index is -0.590. The van der Waals surface area contributed by atoms with Crippen LogP contribution in [0.4, 0.5) is 11.6 Å². The van der Waals surface area contributed by atoms with Crippen LogP contribution in [-0.4, -0.2) is 31.8 Å². The zero-order chi connectivity index (χ0) is 22.8. The second-order valence-electron chi connectivity index (χ2n) is 7.81. The van der Waals surface area contributed by atoms with E-state index in [9.17, 15) is 9.59 Å². The number of rotatable bonds is 6. The molecular formula is C23H19ClN6O2S. The maximum Gasteiger partial charge on any atom is 0.275 e. The number of aromatic nitrogens is 4. The van der Waals surface area contributed by atoms with Crippen LogP contribution in [0.1, 0.15) is 35.3 Å². The molecule has 1 aromatic carbocycles. The van der Waals surface area contributed by atoms with E-state index in [0.717, 1.165) is 24.8 Å². The van der Waals surface area contributed by atoms with Crippen molar-refractivity contribution in [3.05, 3.63) is 76.0 Å². The summed E-state index contributed by atoms with van der Waals surface area (Å²) in [6.07, 6.45) is 5.68. The molecule has 0 radical (unpaired) electrons. The molecule has 2 amide bonds. The lowest BCUT2D eigenvalue weighted by molar-refractivity contribution is -0.124. The number of halogens is 1. The van der Waals surface area contributed by atoms with Crippen molar-refractivity contribution in [3.63, 3.8) is 0 Å². The highest BCUT2D eigenvalue weighted by Crippen LogP contribution is 2.45. The van der Waals surface area contributed by atoms with Crippen LogP contribution < -0.4 is 10.6 Å². The molecule has 0 saturated heterocycles. The van der Waals surface area contributed by atoms with Gasteiger partial charge in [-0.1, -0.05) is 30.2 Å². The SMILES string of the molecule is O=C(Nc1ccc(-c2cnc(NC(=O)C3(c4cccc(Cl)c4)CCC3)[nH]2)nc1)c1cscn1. The Bertz CT molecular complexity index is 1300. The van der Waals surface area contributed by atoms with Gasteiger partial charge in [-0.05, 0) is 42.7 Å². The summed E-state index contributed by atoms with van der Waals surface area (Å²) in [6.45, 7) is 0. The molecule has 0 spiro atoms. The standard InChI is InChI=1S/C23H19ClN6O2S/c24-15-4-1-3-14(9-15)23(7-2-8-23)21(32)30-22-26-11-18(29-22)17-6-5-16(10-25-17)28-20(31)19-12-33-13-27-19/h1,3-6,9-13H,2,7-8H2,(H,28,31)(H2,26,29,30,32). The first-order chi connectivity index (χ1) is 16.0. The van der Waals surface area contributed by atoms with Gasteiger partial charge in [0.15, 0.2) is 0 Å². The van der Waals surface area contributed by atoms with E-state index in [2.05, 4.69) is 30.6 Å². The van der Waals surface area contributed by atoms with Crippen molar-refractivity contribution in [2.75, 3.05) is 10.6 Å². The number of pyridine rings is 1.